The van der Waals surface area contributed by atoms with Crippen LogP contribution in [0.4, 0.5) is 0 Å². The molecule has 1 N–H and O–H groups in total. The quantitative estimate of drug-likeness (QED) is 0.667. The fourth-order valence-electron chi connectivity index (χ4n) is 2.69. The van der Waals surface area contributed by atoms with Crippen molar-refractivity contribution in [2.45, 2.75) is 31.7 Å². The minimum atomic E-state index is -3.49. The van der Waals surface area contributed by atoms with Crippen LogP contribution in [0.3, 0.4) is 0 Å². The molecule has 28 heavy (non-hydrogen) atoms. The van der Waals surface area contributed by atoms with E-state index in [0.717, 1.165) is 5.56 Å². The number of hydrogen-bond acceptors (Lipinski definition) is 4. The highest BCUT2D eigenvalue weighted by atomic mass is 35.5. The summed E-state index contributed by atoms with van der Waals surface area (Å²) in [4.78, 5) is 12.3. The van der Waals surface area contributed by atoms with Gasteiger partial charge in [-0.2, -0.15) is 4.31 Å². The van der Waals surface area contributed by atoms with E-state index in [0.29, 0.717) is 23.9 Å². The third-order valence-electron chi connectivity index (χ3n) is 4.28. The second-order valence-corrected chi connectivity index (χ2v) is 8.56. The average Bonchev–Trinajstić information content (AvgIpc) is 2.68. The van der Waals surface area contributed by atoms with Crippen LogP contribution in [0.25, 0.3) is 0 Å². The first-order valence-corrected chi connectivity index (χ1v) is 10.9. The second kappa shape index (κ2) is 9.91. The minimum Gasteiger partial charge on any atom is -0.484 e. The molecular weight excluding hydrogens is 400 g/mol. The lowest BCUT2D eigenvalue weighted by atomic mass is 10.1. The van der Waals surface area contributed by atoms with Crippen LogP contribution in [0.2, 0.25) is 5.02 Å². The molecule has 2 aromatic rings. The van der Waals surface area contributed by atoms with Crippen molar-refractivity contribution in [2.24, 2.45) is 0 Å². The highest BCUT2D eigenvalue weighted by Crippen LogP contribution is 2.20. The fraction of sp³-hybridized carbons (Fsp3) is 0.350. The molecule has 0 saturated heterocycles. The number of sulfonamides is 1. The van der Waals surface area contributed by atoms with Crippen LogP contribution in [0, 0.1) is 0 Å². The number of rotatable bonds is 9. The summed E-state index contributed by atoms with van der Waals surface area (Å²) in [5.41, 5.74) is 0.804. The standard InChI is InChI=1S/C20H25ClN2O4S/c1-4-23(5-2)28(25,26)19-12-6-16(7-13-19)15(3)22-20(24)14-27-18-10-8-17(21)9-11-18/h6-13,15H,4-5,14H2,1-3H3,(H,22,24)/t15-/m1/s1. The Morgan fingerprint density at radius 1 is 1.07 bits per heavy atom. The monoisotopic (exact) mass is 424 g/mol. The van der Waals surface area contributed by atoms with Gasteiger partial charge in [0.15, 0.2) is 6.61 Å². The lowest BCUT2D eigenvalue weighted by Gasteiger charge is -2.19. The molecule has 0 aliphatic rings. The maximum atomic E-state index is 12.5. The molecule has 2 rings (SSSR count). The van der Waals surface area contributed by atoms with Gasteiger partial charge in [-0.25, -0.2) is 8.42 Å². The smallest absolute Gasteiger partial charge is 0.258 e. The largest absolute Gasteiger partial charge is 0.484 e. The van der Waals surface area contributed by atoms with Gasteiger partial charge in [0, 0.05) is 18.1 Å². The number of amides is 1. The molecule has 0 aromatic heterocycles. The lowest BCUT2D eigenvalue weighted by molar-refractivity contribution is -0.123. The molecule has 0 unspecified atom stereocenters. The second-order valence-electron chi connectivity index (χ2n) is 6.19. The van der Waals surface area contributed by atoms with E-state index >= 15 is 0 Å². The zero-order chi connectivity index (χ0) is 20.7. The Morgan fingerprint density at radius 2 is 1.64 bits per heavy atom. The van der Waals surface area contributed by atoms with E-state index < -0.39 is 10.0 Å². The topological polar surface area (TPSA) is 75.7 Å². The SMILES string of the molecule is CCN(CC)S(=O)(=O)c1ccc([C@@H](C)NC(=O)COc2ccc(Cl)cc2)cc1. The Labute approximate surface area is 171 Å². The summed E-state index contributed by atoms with van der Waals surface area (Å²) in [5.74, 6) is 0.278. The molecule has 6 nitrogen and oxygen atoms in total. The van der Waals surface area contributed by atoms with E-state index in [1.807, 2.05) is 6.92 Å². The van der Waals surface area contributed by atoms with Gasteiger partial charge in [0.05, 0.1) is 10.9 Å². The van der Waals surface area contributed by atoms with Crippen molar-refractivity contribution < 1.29 is 17.9 Å². The van der Waals surface area contributed by atoms with Crippen molar-refractivity contribution in [3.63, 3.8) is 0 Å². The van der Waals surface area contributed by atoms with Crippen molar-refractivity contribution in [3.05, 3.63) is 59.1 Å². The summed E-state index contributed by atoms with van der Waals surface area (Å²) in [5, 5.41) is 3.43. The summed E-state index contributed by atoms with van der Waals surface area (Å²) < 4.78 is 31.9. The fourth-order valence-corrected chi connectivity index (χ4v) is 4.27. The van der Waals surface area contributed by atoms with Crippen molar-refractivity contribution >= 4 is 27.5 Å². The Morgan fingerprint density at radius 3 is 2.18 bits per heavy atom. The molecule has 0 bridgehead atoms. The van der Waals surface area contributed by atoms with Crippen LogP contribution in [-0.2, 0) is 14.8 Å². The van der Waals surface area contributed by atoms with Crippen molar-refractivity contribution in [3.8, 4) is 5.75 Å². The molecule has 8 heteroatoms. The van der Waals surface area contributed by atoms with Gasteiger partial charge in [-0.3, -0.25) is 4.79 Å². The van der Waals surface area contributed by atoms with Crippen LogP contribution in [-0.4, -0.2) is 38.3 Å². The third kappa shape index (κ3) is 5.70. The highest BCUT2D eigenvalue weighted by Gasteiger charge is 2.21. The highest BCUT2D eigenvalue weighted by molar-refractivity contribution is 7.89. The van der Waals surface area contributed by atoms with Crippen LogP contribution in [0.5, 0.6) is 5.75 Å². The Bertz CT molecular complexity index is 879. The zero-order valence-corrected chi connectivity index (χ0v) is 17.8. The zero-order valence-electron chi connectivity index (χ0n) is 16.2. The van der Waals surface area contributed by atoms with Gasteiger partial charge in [-0.15, -0.1) is 0 Å². The van der Waals surface area contributed by atoms with Gasteiger partial charge in [0.25, 0.3) is 5.91 Å². The number of carbonyl (C=O) groups excluding carboxylic acids is 1. The lowest BCUT2D eigenvalue weighted by Crippen LogP contribution is -2.31. The van der Waals surface area contributed by atoms with Crippen LogP contribution in [0.1, 0.15) is 32.4 Å². The summed E-state index contributed by atoms with van der Waals surface area (Å²) in [7, 11) is -3.49. The van der Waals surface area contributed by atoms with E-state index in [4.69, 9.17) is 16.3 Å². The molecule has 0 saturated carbocycles. The van der Waals surface area contributed by atoms with Gasteiger partial charge >= 0.3 is 0 Å². The minimum absolute atomic E-state index is 0.125. The van der Waals surface area contributed by atoms with Crippen molar-refractivity contribution in [1.82, 2.24) is 9.62 Å². The molecule has 2 aromatic carbocycles. The van der Waals surface area contributed by atoms with E-state index in [9.17, 15) is 13.2 Å². The van der Waals surface area contributed by atoms with Gasteiger partial charge in [-0.1, -0.05) is 37.6 Å². The van der Waals surface area contributed by atoms with E-state index in [2.05, 4.69) is 5.32 Å². The first kappa shape index (κ1) is 22.2. The maximum Gasteiger partial charge on any atom is 0.258 e. The van der Waals surface area contributed by atoms with E-state index in [1.54, 1.807) is 62.4 Å². The summed E-state index contributed by atoms with van der Waals surface area (Å²) >= 11 is 5.81. The van der Waals surface area contributed by atoms with E-state index in [-0.39, 0.29) is 23.5 Å². The molecule has 0 spiro atoms. The number of nitrogens with zero attached hydrogens (tertiary/aromatic N) is 1. The maximum absolute atomic E-state index is 12.5. The molecule has 0 heterocycles. The Balaban J connectivity index is 1.95. The number of carbonyl (C=O) groups is 1. The first-order chi connectivity index (χ1) is 13.3. The number of benzene rings is 2. The normalized spacial score (nSPS) is 12.6. The summed E-state index contributed by atoms with van der Waals surface area (Å²) in [6, 6.07) is 13.0. The predicted molar refractivity (Wildman–Crippen MR) is 110 cm³/mol. The Hall–Kier alpha value is -2.09. The average molecular weight is 425 g/mol. The van der Waals surface area contributed by atoms with Gasteiger partial charge in [0.2, 0.25) is 10.0 Å². The molecule has 0 aliphatic carbocycles. The van der Waals surface area contributed by atoms with Crippen molar-refractivity contribution in [1.29, 1.82) is 0 Å². The number of hydrogen-bond donors (Lipinski definition) is 1. The Kier molecular flexibility index (Phi) is 7.86. The molecule has 1 atom stereocenters. The van der Waals surface area contributed by atoms with Crippen LogP contribution < -0.4 is 10.1 Å². The molecule has 1 amide bonds. The number of nitrogens with one attached hydrogen (secondary N) is 1. The predicted octanol–water partition coefficient (Wildman–Crippen LogP) is 3.63. The first-order valence-electron chi connectivity index (χ1n) is 9.05. The number of ether oxygens (including phenoxy) is 1. The van der Waals surface area contributed by atoms with Gasteiger partial charge in [0.1, 0.15) is 5.75 Å². The van der Waals surface area contributed by atoms with Gasteiger partial charge in [-0.05, 0) is 48.9 Å². The third-order valence-corrected chi connectivity index (χ3v) is 6.60. The van der Waals surface area contributed by atoms with Crippen LogP contribution >= 0.6 is 11.6 Å². The molecule has 0 fully saturated rings. The van der Waals surface area contributed by atoms with Crippen LogP contribution in [0.15, 0.2) is 53.4 Å². The molecule has 152 valence electrons. The van der Waals surface area contributed by atoms with Crippen molar-refractivity contribution in [2.75, 3.05) is 19.7 Å². The number of halogens is 1. The van der Waals surface area contributed by atoms with Gasteiger partial charge < -0.3 is 10.1 Å². The summed E-state index contributed by atoms with van der Waals surface area (Å²) in [6.45, 7) is 6.15. The van der Waals surface area contributed by atoms with E-state index in [1.165, 1.54) is 4.31 Å². The molecule has 0 radical (unpaired) electrons. The summed E-state index contributed by atoms with van der Waals surface area (Å²) in [6.07, 6.45) is 0. The molecule has 0 aliphatic heterocycles. The molecular formula is C20H25ClN2O4S.